The number of hydrogen-bond donors (Lipinski definition) is 2. The van der Waals surface area contributed by atoms with Crippen molar-refractivity contribution in [3.63, 3.8) is 0 Å². The predicted octanol–water partition coefficient (Wildman–Crippen LogP) is 3.55. The third-order valence-electron chi connectivity index (χ3n) is 4.25. The molecule has 0 saturated carbocycles. The number of nitrogens with two attached hydrogens (primary N) is 2. The van der Waals surface area contributed by atoms with Crippen LogP contribution in [0.4, 0.5) is 10.3 Å². The van der Waals surface area contributed by atoms with Crippen LogP contribution >= 0.6 is 22.7 Å². The van der Waals surface area contributed by atoms with Gasteiger partial charge in [0.05, 0.1) is 6.04 Å². The number of aryl methyl sites for hydroxylation is 4. The molecule has 0 saturated heterocycles. The molecule has 1 aliphatic heterocycles. The Morgan fingerprint density at radius 3 is 2.19 bits per heavy atom. The summed E-state index contributed by atoms with van der Waals surface area (Å²) in [5.74, 6) is 1.62. The maximum atomic E-state index is 5.29. The molecule has 3 aromatic heterocycles. The summed E-state index contributed by atoms with van der Waals surface area (Å²) >= 11 is 2.91. The van der Waals surface area contributed by atoms with Crippen molar-refractivity contribution < 1.29 is 0 Å². The third kappa shape index (κ3) is 8.77. The normalized spacial score (nSPS) is 17.9. The second kappa shape index (κ2) is 12.1. The first kappa shape index (κ1) is 24.4. The van der Waals surface area contributed by atoms with E-state index >= 15 is 0 Å². The zero-order chi connectivity index (χ0) is 22.8. The Hall–Kier alpha value is -2.92. The van der Waals surface area contributed by atoms with Crippen LogP contribution in [-0.4, -0.2) is 42.2 Å². The molecule has 0 aromatic carbocycles. The number of nitrogens with zero attached hydrogens (tertiary/aromatic N) is 7. The first-order valence-electron chi connectivity index (χ1n) is 9.67. The van der Waals surface area contributed by atoms with E-state index in [0.717, 1.165) is 22.1 Å². The molecule has 11 heteroatoms. The quantitative estimate of drug-likeness (QED) is 0.525. The Morgan fingerprint density at radius 1 is 1.03 bits per heavy atom. The summed E-state index contributed by atoms with van der Waals surface area (Å²) < 4.78 is 1.86. The molecule has 0 radical (unpaired) electrons. The minimum atomic E-state index is 0.462. The van der Waals surface area contributed by atoms with Crippen LogP contribution < -0.4 is 11.5 Å². The molecule has 0 bridgehead atoms. The maximum absolute atomic E-state index is 5.29. The van der Waals surface area contributed by atoms with Crippen LogP contribution in [-0.2, 0) is 7.05 Å². The topological polar surface area (TPSA) is 134 Å². The van der Waals surface area contributed by atoms with Gasteiger partial charge in [-0.2, -0.15) is 0 Å². The first-order chi connectivity index (χ1) is 14.7. The molecule has 31 heavy (non-hydrogen) atoms. The standard InChI is InChI=1S/C9H11N.C4H7N3.C4H6N2S.C3H5N3S/c1-7-2-3-9-8(6-7)4-5-10-9;1-4-6-5-3-7(4)2;1-3-2-6-4(5)7-3;1-2-5-6-3(4)7-2/h2-3,5-6,8-9H,4H2,1H3;3H,1-2H3;2H,1H3,(H2,5,6);1H3,(H2,4,6). The Kier molecular flexibility index (Phi) is 9.47. The van der Waals surface area contributed by atoms with Crippen molar-refractivity contribution in [3.05, 3.63) is 52.0 Å². The van der Waals surface area contributed by atoms with Gasteiger partial charge in [0.15, 0.2) is 5.13 Å². The van der Waals surface area contributed by atoms with Crippen LogP contribution in [0.15, 0.2) is 41.3 Å². The Labute approximate surface area is 190 Å². The van der Waals surface area contributed by atoms with Crippen LogP contribution in [0, 0.1) is 26.7 Å². The highest BCUT2D eigenvalue weighted by Gasteiger charge is 2.21. The fraction of sp³-hybridized carbons (Fsp3) is 0.400. The number of aliphatic imine (C=N–C) groups is 1. The van der Waals surface area contributed by atoms with Gasteiger partial charge in [-0.3, -0.25) is 4.99 Å². The Bertz CT molecular complexity index is 941. The summed E-state index contributed by atoms with van der Waals surface area (Å²) in [7, 11) is 1.91. The number of anilines is 2. The van der Waals surface area contributed by atoms with E-state index in [1.807, 2.05) is 38.6 Å². The van der Waals surface area contributed by atoms with E-state index in [4.69, 9.17) is 11.5 Å². The van der Waals surface area contributed by atoms with Crippen molar-refractivity contribution in [2.75, 3.05) is 11.5 Å². The van der Waals surface area contributed by atoms with Crippen LogP contribution in [0.5, 0.6) is 0 Å². The summed E-state index contributed by atoms with van der Waals surface area (Å²) in [5, 5.41) is 16.7. The second-order valence-corrected chi connectivity index (χ2v) is 9.43. The van der Waals surface area contributed by atoms with E-state index in [-0.39, 0.29) is 0 Å². The fourth-order valence-corrected chi connectivity index (χ4v) is 3.59. The molecule has 3 aromatic rings. The molecule has 5 rings (SSSR count). The lowest BCUT2D eigenvalue weighted by molar-refractivity contribution is 0.632. The molecular formula is C20H29N9S2. The van der Waals surface area contributed by atoms with E-state index < -0.39 is 0 Å². The predicted molar refractivity (Wildman–Crippen MR) is 129 cm³/mol. The van der Waals surface area contributed by atoms with Gasteiger partial charge in [-0.05, 0) is 34.1 Å². The van der Waals surface area contributed by atoms with Gasteiger partial charge in [-0.1, -0.05) is 35.1 Å². The smallest absolute Gasteiger partial charge is 0.203 e. The van der Waals surface area contributed by atoms with Crippen LogP contribution in [0.25, 0.3) is 0 Å². The Balaban J connectivity index is 0.000000149. The summed E-state index contributed by atoms with van der Waals surface area (Å²) in [4.78, 5) is 9.31. The average molecular weight is 460 g/mol. The van der Waals surface area contributed by atoms with Gasteiger partial charge < -0.3 is 16.0 Å². The Morgan fingerprint density at radius 2 is 1.81 bits per heavy atom. The molecule has 2 aliphatic rings. The van der Waals surface area contributed by atoms with Crippen molar-refractivity contribution in [3.8, 4) is 0 Å². The number of nitrogen functional groups attached to an aromatic ring is 2. The van der Waals surface area contributed by atoms with Gasteiger partial charge in [0.1, 0.15) is 17.2 Å². The van der Waals surface area contributed by atoms with Crippen molar-refractivity contribution in [1.29, 1.82) is 0 Å². The van der Waals surface area contributed by atoms with E-state index in [2.05, 4.69) is 55.5 Å². The van der Waals surface area contributed by atoms with Gasteiger partial charge in [-0.15, -0.1) is 31.7 Å². The molecule has 9 nitrogen and oxygen atoms in total. The van der Waals surface area contributed by atoms with E-state index in [1.165, 1.54) is 28.2 Å². The lowest BCUT2D eigenvalue weighted by Gasteiger charge is -2.14. The number of aromatic nitrogens is 6. The number of rotatable bonds is 0. The molecule has 4 N–H and O–H groups in total. The molecule has 2 unspecified atom stereocenters. The lowest BCUT2D eigenvalue weighted by atomic mass is 9.92. The summed E-state index contributed by atoms with van der Waals surface area (Å²) in [5.41, 5.74) is 11.9. The van der Waals surface area contributed by atoms with E-state index in [0.29, 0.717) is 22.2 Å². The molecule has 1 aliphatic carbocycles. The minimum absolute atomic E-state index is 0.462. The number of fused-ring (bicyclic) bond motifs is 1. The molecule has 4 heterocycles. The minimum Gasteiger partial charge on any atom is -0.375 e. The van der Waals surface area contributed by atoms with Crippen molar-refractivity contribution in [2.24, 2.45) is 18.0 Å². The number of allylic oxidation sites excluding steroid dienone is 2. The number of thiazole rings is 1. The molecule has 0 amide bonds. The number of hydrogen-bond acceptors (Lipinski definition) is 10. The lowest BCUT2D eigenvalue weighted by Crippen LogP contribution is -2.11. The molecular weight excluding hydrogens is 430 g/mol. The summed E-state index contributed by atoms with van der Waals surface area (Å²) in [6.45, 7) is 7.90. The average Bonchev–Trinajstić information content (AvgIpc) is 3.50. The zero-order valence-electron chi connectivity index (χ0n) is 18.4. The maximum Gasteiger partial charge on any atom is 0.203 e. The largest absolute Gasteiger partial charge is 0.375 e. The van der Waals surface area contributed by atoms with Crippen LogP contribution in [0.2, 0.25) is 0 Å². The highest BCUT2D eigenvalue weighted by molar-refractivity contribution is 7.15. The second-order valence-electron chi connectivity index (χ2n) is 6.95. The first-order valence-corrected chi connectivity index (χ1v) is 11.3. The van der Waals surface area contributed by atoms with Crippen molar-refractivity contribution in [2.45, 2.75) is 40.2 Å². The van der Waals surface area contributed by atoms with Gasteiger partial charge >= 0.3 is 0 Å². The van der Waals surface area contributed by atoms with Crippen LogP contribution in [0.3, 0.4) is 0 Å². The highest BCUT2D eigenvalue weighted by Crippen LogP contribution is 2.25. The van der Waals surface area contributed by atoms with Gasteiger partial charge in [-0.25, -0.2) is 4.98 Å². The zero-order valence-corrected chi connectivity index (χ0v) is 20.1. The van der Waals surface area contributed by atoms with Gasteiger partial charge in [0.25, 0.3) is 0 Å². The molecule has 2 atom stereocenters. The van der Waals surface area contributed by atoms with Gasteiger partial charge in [0, 0.05) is 30.3 Å². The summed E-state index contributed by atoms with van der Waals surface area (Å²) in [6.07, 6.45) is 13.3. The van der Waals surface area contributed by atoms with Crippen molar-refractivity contribution in [1.82, 2.24) is 29.9 Å². The molecule has 0 fully saturated rings. The molecule has 0 spiro atoms. The van der Waals surface area contributed by atoms with Gasteiger partial charge in [0.2, 0.25) is 5.13 Å². The van der Waals surface area contributed by atoms with E-state index in [1.54, 1.807) is 12.5 Å². The monoisotopic (exact) mass is 459 g/mol. The highest BCUT2D eigenvalue weighted by atomic mass is 32.1. The summed E-state index contributed by atoms with van der Waals surface area (Å²) in [6, 6.07) is 0.462. The van der Waals surface area contributed by atoms with E-state index in [9.17, 15) is 0 Å². The van der Waals surface area contributed by atoms with Crippen LogP contribution in [0.1, 0.15) is 29.1 Å². The fourth-order valence-electron chi connectivity index (χ4n) is 2.58. The SMILES string of the molecule is CC1=CC2CC=NC2C=C1.Cc1cnc(N)s1.Cc1nnc(N)s1.Cc1nncn1C. The third-order valence-corrected chi connectivity index (χ3v) is 5.66. The molecule has 166 valence electrons. The van der Waals surface area contributed by atoms with Crippen molar-refractivity contribution >= 4 is 39.2 Å².